The van der Waals surface area contributed by atoms with E-state index in [0.717, 1.165) is 0 Å². The minimum absolute atomic E-state index is 0.0157. The van der Waals surface area contributed by atoms with Crippen LogP contribution in [0.1, 0.15) is 24.6 Å². The molecule has 7 heteroatoms. The van der Waals surface area contributed by atoms with Crippen molar-refractivity contribution in [1.82, 2.24) is 4.98 Å². The molecule has 1 rings (SSSR count). The standard InChI is InChI=1S/C10H14N2O3S2/c1-2-7-17(14,15)12-10-11-8-9(16-10)5-3-4-6-13/h8,13H,2,4,6-7H2,1H3,(H,11,12). The Labute approximate surface area is 105 Å². The molecule has 0 spiro atoms. The second-order valence-corrected chi connectivity index (χ2v) is 6.10. The maximum Gasteiger partial charge on any atom is 0.234 e. The number of aromatic nitrogens is 1. The van der Waals surface area contributed by atoms with Gasteiger partial charge in [-0.15, -0.1) is 0 Å². The summed E-state index contributed by atoms with van der Waals surface area (Å²) in [6.45, 7) is 1.81. The first-order valence-corrected chi connectivity index (χ1v) is 7.60. The number of sulfonamides is 1. The molecule has 0 saturated heterocycles. The smallest absolute Gasteiger partial charge is 0.234 e. The van der Waals surface area contributed by atoms with Gasteiger partial charge in [-0.2, -0.15) is 0 Å². The highest BCUT2D eigenvalue weighted by molar-refractivity contribution is 7.92. The summed E-state index contributed by atoms with van der Waals surface area (Å²) >= 11 is 1.18. The topological polar surface area (TPSA) is 79.3 Å². The monoisotopic (exact) mass is 274 g/mol. The third-order valence-electron chi connectivity index (χ3n) is 1.67. The molecule has 2 N–H and O–H groups in total. The van der Waals surface area contributed by atoms with Crippen LogP contribution in [-0.4, -0.2) is 30.9 Å². The molecular formula is C10H14N2O3S2. The zero-order valence-electron chi connectivity index (χ0n) is 9.43. The van der Waals surface area contributed by atoms with E-state index in [1.54, 1.807) is 6.92 Å². The molecule has 0 radical (unpaired) electrons. The molecule has 1 heterocycles. The van der Waals surface area contributed by atoms with Crippen molar-refractivity contribution in [2.24, 2.45) is 0 Å². The summed E-state index contributed by atoms with van der Waals surface area (Å²) < 4.78 is 25.3. The fraction of sp³-hybridized carbons (Fsp3) is 0.500. The molecule has 5 nitrogen and oxygen atoms in total. The largest absolute Gasteiger partial charge is 0.395 e. The Morgan fingerprint density at radius 3 is 3.00 bits per heavy atom. The number of anilines is 1. The molecule has 1 aromatic heterocycles. The van der Waals surface area contributed by atoms with E-state index >= 15 is 0 Å². The van der Waals surface area contributed by atoms with Crippen molar-refractivity contribution >= 4 is 26.5 Å². The van der Waals surface area contributed by atoms with Crippen molar-refractivity contribution in [3.05, 3.63) is 11.1 Å². The van der Waals surface area contributed by atoms with Gasteiger partial charge in [-0.1, -0.05) is 30.1 Å². The van der Waals surface area contributed by atoms with Crippen LogP contribution in [0.15, 0.2) is 6.20 Å². The van der Waals surface area contributed by atoms with Gasteiger partial charge in [0.2, 0.25) is 10.0 Å². The van der Waals surface area contributed by atoms with Crippen LogP contribution < -0.4 is 4.72 Å². The van der Waals surface area contributed by atoms with E-state index in [1.165, 1.54) is 17.5 Å². The molecule has 0 aliphatic carbocycles. The van der Waals surface area contributed by atoms with Gasteiger partial charge < -0.3 is 5.11 Å². The first-order chi connectivity index (χ1) is 8.07. The van der Waals surface area contributed by atoms with E-state index in [1.807, 2.05) is 0 Å². The summed E-state index contributed by atoms with van der Waals surface area (Å²) in [6.07, 6.45) is 2.47. The van der Waals surface area contributed by atoms with Crippen LogP contribution in [0.4, 0.5) is 5.13 Å². The van der Waals surface area contributed by atoms with Crippen molar-refractivity contribution in [2.75, 3.05) is 17.1 Å². The minimum Gasteiger partial charge on any atom is -0.395 e. The van der Waals surface area contributed by atoms with Crippen LogP contribution >= 0.6 is 11.3 Å². The second-order valence-electron chi connectivity index (χ2n) is 3.23. The second kappa shape index (κ2) is 6.59. The Hall–Kier alpha value is -1.10. The summed E-state index contributed by atoms with van der Waals surface area (Å²) in [5, 5.41) is 8.88. The average Bonchev–Trinajstić information content (AvgIpc) is 2.65. The fourth-order valence-corrected chi connectivity index (χ4v) is 3.09. The zero-order chi connectivity index (χ0) is 12.7. The highest BCUT2D eigenvalue weighted by Gasteiger charge is 2.10. The number of hydrogen-bond acceptors (Lipinski definition) is 5. The van der Waals surface area contributed by atoms with E-state index in [-0.39, 0.29) is 12.4 Å². The van der Waals surface area contributed by atoms with E-state index in [9.17, 15) is 8.42 Å². The molecule has 1 aromatic rings. The van der Waals surface area contributed by atoms with Gasteiger partial charge in [0.15, 0.2) is 5.13 Å². The summed E-state index contributed by atoms with van der Waals surface area (Å²) in [5.74, 6) is 5.62. The van der Waals surface area contributed by atoms with Crippen LogP contribution in [0.3, 0.4) is 0 Å². The molecule has 94 valence electrons. The third-order valence-corrected chi connectivity index (χ3v) is 4.08. The molecular weight excluding hydrogens is 260 g/mol. The van der Waals surface area contributed by atoms with Crippen molar-refractivity contribution in [3.8, 4) is 11.8 Å². The normalized spacial score (nSPS) is 10.7. The van der Waals surface area contributed by atoms with Gasteiger partial charge in [-0.3, -0.25) is 4.72 Å². The number of aliphatic hydroxyl groups excluding tert-OH is 1. The molecule has 17 heavy (non-hydrogen) atoms. The third kappa shape index (κ3) is 5.17. The van der Waals surface area contributed by atoms with Crippen LogP contribution in [0.5, 0.6) is 0 Å². The summed E-state index contributed by atoms with van der Waals surface area (Å²) in [4.78, 5) is 4.60. The lowest BCUT2D eigenvalue weighted by atomic mass is 10.4. The van der Waals surface area contributed by atoms with E-state index < -0.39 is 10.0 Å². The van der Waals surface area contributed by atoms with Gasteiger partial charge in [0, 0.05) is 6.42 Å². The molecule has 0 aromatic carbocycles. The number of aliphatic hydroxyl groups is 1. The van der Waals surface area contributed by atoms with Crippen LogP contribution in [-0.2, 0) is 10.0 Å². The predicted octanol–water partition coefficient (Wildman–Crippen LogP) is 1.03. The van der Waals surface area contributed by atoms with Crippen molar-refractivity contribution < 1.29 is 13.5 Å². The molecule has 0 aliphatic rings. The van der Waals surface area contributed by atoms with Crippen LogP contribution in [0, 0.1) is 11.8 Å². The highest BCUT2D eigenvalue weighted by atomic mass is 32.2. The maximum absolute atomic E-state index is 11.5. The van der Waals surface area contributed by atoms with Gasteiger partial charge >= 0.3 is 0 Å². The van der Waals surface area contributed by atoms with Gasteiger partial charge in [0.05, 0.1) is 23.4 Å². The fourth-order valence-electron chi connectivity index (χ4n) is 1.04. The summed E-state index contributed by atoms with van der Waals surface area (Å²) in [6, 6.07) is 0. The lowest BCUT2D eigenvalue weighted by molar-refractivity contribution is 0.305. The Morgan fingerprint density at radius 1 is 1.59 bits per heavy atom. The Bertz CT molecular complexity index is 511. The van der Waals surface area contributed by atoms with E-state index in [0.29, 0.717) is 22.9 Å². The molecule has 0 unspecified atom stereocenters. The Morgan fingerprint density at radius 2 is 2.35 bits per heavy atom. The molecule has 0 bridgehead atoms. The number of hydrogen-bond donors (Lipinski definition) is 2. The highest BCUT2D eigenvalue weighted by Crippen LogP contribution is 2.18. The molecule has 0 fully saturated rings. The van der Waals surface area contributed by atoms with Crippen molar-refractivity contribution in [3.63, 3.8) is 0 Å². The van der Waals surface area contributed by atoms with E-state index in [2.05, 4.69) is 21.5 Å². The molecule has 0 atom stereocenters. The first kappa shape index (κ1) is 14.0. The quantitative estimate of drug-likeness (QED) is 0.786. The molecule has 0 amide bonds. The zero-order valence-corrected chi connectivity index (χ0v) is 11.1. The van der Waals surface area contributed by atoms with Gasteiger partial charge in [0.25, 0.3) is 0 Å². The number of nitrogens with zero attached hydrogens (tertiary/aromatic N) is 1. The van der Waals surface area contributed by atoms with Gasteiger partial charge in [-0.25, -0.2) is 13.4 Å². The maximum atomic E-state index is 11.5. The van der Waals surface area contributed by atoms with Crippen molar-refractivity contribution in [1.29, 1.82) is 0 Å². The summed E-state index contributed by atoms with van der Waals surface area (Å²) in [5.41, 5.74) is 0. The Balaban J connectivity index is 2.67. The lowest BCUT2D eigenvalue weighted by Gasteiger charge is -2.01. The first-order valence-electron chi connectivity index (χ1n) is 5.13. The predicted molar refractivity (Wildman–Crippen MR) is 68.4 cm³/mol. The van der Waals surface area contributed by atoms with E-state index in [4.69, 9.17) is 5.11 Å². The SMILES string of the molecule is CCCS(=O)(=O)Nc1ncc(C#CCCO)s1. The molecule has 0 aliphatic heterocycles. The minimum atomic E-state index is -3.29. The number of thiazole rings is 1. The lowest BCUT2D eigenvalue weighted by Crippen LogP contribution is -2.15. The van der Waals surface area contributed by atoms with Crippen LogP contribution in [0.25, 0.3) is 0 Å². The summed E-state index contributed by atoms with van der Waals surface area (Å²) in [7, 11) is -3.29. The Kier molecular flexibility index (Phi) is 5.41. The van der Waals surface area contributed by atoms with Gasteiger partial charge in [0.1, 0.15) is 0 Å². The average molecular weight is 274 g/mol. The molecule has 0 saturated carbocycles. The number of rotatable bonds is 5. The van der Waals surface area contributed by atoms with Crippen molar-refractivity contribution in [2.45, 2.75) is 19.8 Å². The van der Waals surface area contributed by atoms with Crippen LogP contribution in [0.2, 0.25) is 0 Å². The van der Waals surface area contributed by atoms with Gasteiger partial charge in [-0.05, 0) is 6.42 Å². The number of nitrogens with one attached hydrogen (secondary N) is 1.